The van der Waals surface area contributed by atoms with Crippen molar-refractivity contribution in [3.05, 3.63) is 18.2 Å². The first-order valence-electron chi connectivity index (χ1n) is 7.28. The molecule has 2 saturated heterocycles. The van der Waals surface area contributed by atoms with Gasteiger partial charge in [-0.1, -0.05) is 0 Å². The summed E-state index contributed by atoms with van der Waals surface area (Å²) < 4.78 is 1.82. The number of rotatable bonds is 2. The van der Waals surface area contributed by atoms with E-state index in [9.17, 15) is 4.79 Å². The molecule has 0 radical (unpaired) electrons. The van der Waals surface area contributed by atoms with Crippen molar-refractivity contribution in [2.75, 3.05) is 13.1 Å². The molecule has 3 rings (SSSR count). The number of imidazole rings is 1. The number of carbonyl (C=O) groups is 1. The molecule has 1 aromatic heterocycles. The zero-order chi connectivity index (χ0) is 13.2. The minimum absolute atomic E-state index is 0.137. The molecule has 2 atom stereocenters. The topological polar surface area (TPSA) is 50.2 Å². The molecule has 5 heteroatoms. The number of nitrogens with one attached hydrogen (secondary N) is 1. The van der Waals surface area contributed by atoms with Crippen molar-refractivity contribution in [1.82, 2.24) is 19.8 Å². The Morgan fingerprint density at radius 3 is 2.95 bits per heavy atom. The normalized spacial score (nSPS) is 27.7. The fraction of sp³-hybridized carbons (Fsp3) is 0.714. The second-order valence-electron chi connectivity index (χ2n) is 5.65. The standard InChI is InChI=1S/C14H22N4O/c1-17-10-15-9-13(17)14(19)18-8-3-2-6-12(18)11-5-4-7-16-11/h9-12,16H,2-8H2,1H3. The summed E-state index contributed by atoms with van der Waals surface area (Å²) in [5.41, 5.74) is 0.699. The van der Waals surface area contributed by atoms with E-state index in [1.165, 1.54) is 19.3 Å². The molecule has 2 fully saturated rings. The molecule has 0 aromatic carbocycles. The van der Waals surface area contributed by atoms with E-state index in [1.807, 2.05) is 11.6 Å². The number of aromatic nitrogens is 2. The molecule has 2 unspecified atom stereocenters. The van der Waals surface area contributed by atoms with Crippen molar-refractivity contribution in [3.63, 3.8) is 0 Å². The molecule has 2 aliphatic rings. The summed E-state index contributed by atoms with van der Waals surface area (Å²) in [6.45, 7) is 1.97. The molecule has 0 bridgehead atoms. The average Bonchev–Trinajstić information content (AvgIpc) is 3.09. The van der Waals surface area contributed by atoms with E-state index >= 15 is 0 Å². The van der Waals surface area contributed by atoms with Gasteiger partial charge in [0.25, 0.3) is 5.91 Å². The van der Waals surface area contributed by atoms with E-state index in [2.05, 4.69) is 15.2 Å². The van der Waals surface area contributed by atoms with E-state index in [-0.39, 0.29) is 5.91 Å². The van der Waals surface area contributed by atoms with Gasteiger partial charge in [0, 0.05) is 25.7 Å². The number of piperidine rings is 1. The zero-order valence-corrected chi connectivity index (χ0v) is 11.5. The van der Waals surface area contributed by atoms with E-state index in [0.717, 1.165) is 25.9 Å². The molecular weight excluding hydrogens is 240 g/mol. The summed E-state index contributed by atoms with van der Waals surface area (Å²) in [5, 5.41) is 3.55. The van der Waals surface area contributed by atoms with Crippen molar-refractivity contribution in [2.24, 2.45) is 7.05 Å². The smallest absolute Gasteiger partial charge is 0.272 e. The molecule has 3 heterocycles. The minimum Gasteiger partial charge on any atom is -0.333 e. The zero-order valence-electron chi connectivity index (χ0n) is 11.5. The molecule has 0 saturated carbocycles. The molecular formula is C14H22N4O. The molecule has 1 amide bonds. The first kappa shape index (κ1) is 12.7. The van der Waals surface area contributed by atoms with Crippen LogP contribution in [0.25, 0.3) is 0 Å². The van der Waals surface area contributed by atoms with E-state index in [1.54, 1.807) is 12.5 Å². The SMILES string of the molecule is Cn1cncc1C(=O)N1CCCCC1C1CCCN1. The Labute approximate surface area is 114 Å². The van der Waals surface area contributed by atoms with Crippen LogP contribution in [0.3, 0.4) is 0 Å². The molecule has 19 heavy (non-hydrogen) atoms. The van der Waals surface area contributed by atoms with Gasteiger partial charge in [0.05, 0.1) is 12.5 Å². The van der Waals surface area contributed by atoms with Gasteiger partial charge in [-0.25, -0.2) is 4.98 Å². The highest BCUT2D eigenvalue weighted by atomic mass is 16.2. The van der Waals surface area contributed by atoms with Crippen LogP contribution >= 0.6 is 0 Å². The fourth-order valence-corrected chi connectivity index (χ4v) is 3.38. The van der Waals surface area contributed by atoms with Crippen LogP contribution in [0.1, 0.15) is 42.6 Å². The molecule has 104 valence electrons. The van der Waals surface area contributed by atoms with Gasteiger partial charge in [-0.2, -0.15) is 0 Å². The van der Waals surface area contributed by atoms with Gasteiger partial charge in [-0.15, -0.1) is 0 Å². The van der Waals surface area contributed by atoms with Gasteiger partial charge in [0.15, 0.2) is 0 Å². The highest BCUT2D eigenvalue weighted by molar-refractivity contribution is 5.92. The molecule has 0 spiro atoms. The summed E-state index contributed by atoms with van der Waals surface area (Å²) in [6, 6.07) is 0.844. The lowest BCUT2D eigenvalue weighted by Crippen LogP contribution is -2.52. The Kier molecular flexibility index (Phi) is 3.55. The van der Waals surface area contributed by atoms with Crippen molar-refractivity contribution >= 4 is 5.91 Å². The monoisotopic (exact) mass is 262 g/mol. The summed E-state index contributed by atoms with van der Waals surface area (Å²) >= 11 is 0. The molecule has 2 aliphatic heterocycles. The predicted octanol–water partition coefficient (Wildman–Crippen LogP) is 1.17. The van der Waals surface area contributed by atoms with Crippen LogP contribution < -0.4 is 5.32 Å². The second-order valence-corrected chi connectivity index (χ2v) is 5.65. The lowest BCUT2D eigenvalue weighted by molar-refractivity contribution is 0.0554. The Morgan fingerprint density at radius 1 is 1.37 bits per heavy atom. The van der Waals surface area contributed by atoms with Crippen molar-refractivity contribution in [2.45, 2.75) is 44.2 Å². The third-order valence-electron chi connectivity index (χ3n) is 4.41. The number of hydrogen-bond acceptors (Lipinski definition) is 3. The second kappa shape index (κ2) is 5.33. The van der Waals surface area contributed by atoms with Gasteiger partial charge >= 0.3 is 0 Å². The Hall–Kier alpha value is -1.36. The maximum Gasteiger partial charge on any atom is 0.272 e. The van der Waals surface area contributed by atoms with Gasteiger partial charge in [0.2, 0.25) is 0 Å². The average molecular weight is 262 g/mol. The molecule has 5 nitrogen and oxygen atoms in total. The molecule has 0 aliphatic carbocycles. The largest absolute Gasteiger partial charge is 0.333 e. The van der Waals surface area contributed by atoms with E-state index in [4.69, 9.17) is 0 Å². The third kappa shape index (κ3) is 2.39. The van der Waals surface area contributed by atoms with Crippen molar-refractivity contribution < 1.29 is 4.79 Å². The summed E-state index contributed by atoms with van der Waals surface area (Å²) in [4.78, 5) is 18.8. The third-order valence-corrected chi connectivity index (χ3v) is 4.41. The first-order chi connectivity index (χ1) is 9.27. The van der Waals surface area contributed by atoms with Crippen LogP contribution in [0.2, 0.25) is 0 Å². The highest BCUT2D eigenvalue weighted by Crippen LogP contribution is 2.25. The van der Waals surface area contributed by atoms with Gasteiger partial charge in [0.1, 0.15) is 5.69 Å². The number of aryl methyl sites for hydroxylation is 1. The van der Waals surface area contributed by atoms with Crippen LogP contribution in [0.5, 0.6) is 0 Å². The number of amides is 1. The van der Waals surface area contributed by atoms with Crippen LogP contribution in [0.15, 0.2) is 12.5 Å². The van der Waals surface area contributed by atoms with Gasteiger partial charge < -0.3 is 14.8 Å². The molecule has 1 aromatic rings. The van der Waals surface area contributed by atoms with Crippen molar-refractivity contribution in [1.29, 1.82) is 0 Å². The van der Waals surface area contributed by atoms with Gasteiger partial charge in [-0.3, -0.25) is 4.79 Å². The highest BCUT2D eigenvalue weighted by Gasteiger charge is 2.35. The lowest BCUT2D eigenvalue weighted by Gasteiger charge is -2.39. The number of hydrogen-bond donors (Lipinski definition) is 1. The maximum absolute atomic E-state index is 12.7. The Balaban J connectivity index is 1.80. The Bertz CT molecular complexity index is 450. The molecule has 1 N–H and O–H groups in total. The first-order valence-corrected chi connectivity index (χ1v) is 7.28. The summed E-state index contributed by atoms with van der Waals surface area (Å²) in [6.07, 6.45) is 9.27. The number of nitrogens with zero attached hydrogens (tertiary/aromatic N) is 3. The maximum atomic E-state index is 12.7. The summed E-state index contributed by atoms with van der Waals surface area (Å²) in [5.74, 6) is 0.137. The number of likely N-dealkylation sites (tertiary alicyclic amines) is 1. The number of carbonyl (C=O) groups excluding carboxylic acids is 1. The van der Waals surface area contributed by atoms with Crippen molar-refractivity contribution in [3.8, 4) is 0 Å². The minimum atomic E-state index is 0.137. The predicted molar refractivity (Wildman–Crippen MR) is 72.9 cm³/mol. The quantitative estimate of drug-likeness (QED) is 0.870. The summed E-state index contributed by atoms with van der Waals surface area (Å²) in [7, 11) is 1.88. The van der Waals surface area contributed by atoms with Gasteiger partial charge in [-0.05, 0) is 38.6 Å². The Morgan fingerprint density at radius 2 is 2.26 bits per heavy atom. The lowest BCUT2D eigenvalue weighted by atomic mass is 9.94. The van der Waals surface area contributed by atoms with Crippen LogP contribution in [0, 0.1) is 0 Å². The van der Waals surface area contributed by atoms with E-state index < -0.39 is 0 Å². The van der Waals surface area contributed by atoms with Crippen LogP contribution in [-0.2, 0) is 7.05 Å². The van der Waals surface area contributed by atoms with E-state index in [0.29, 0.717) is 17.8 Å². The fourth-order valence-electron chi connectivity index (χ4n) is 3.38. The van der Waals surface area contributed by atoms with Crippen LogP contribution in [0.4, 0.5) is 0 Å². The van der Waals surface area contributed by atoms with Crippen LogP contribution in [-0.4, -0.2) is 45.5 Å².